The van der Waals surface area contributed by atoms with Crippen molar-refractivity contribution in [3.63, 3.8) is 0 Å². The Morgan fingerprint density at radius 1 is 1.09 bits per heavy atom. The molecule has 2 heterocycles. The summed E-state index contributed by atoms with van der Waals surface area (Å²) in [5, 5.41) is 0.963. The van der Waals surface area contributed by atoms with Crippen LogP contribution in [0.4, 0.5) is 0 Å². The molecule has 2 aromatic rings. The summed E-state index contributed by atoms with van der Waals surface area (Å²) in [6, 6.07) is 9.94. The van der Waals surface area contributed by atoms with E-state index < -0.39 is 10.0 Å². The molecule has 0 aromatic heterocycles. The van der Waals surface area contributed by atoms with Gasteiger partial charge in [-0.25, -0.2) is 13.1 Å². The highest BCUT2D eigenvalue weighted by molar-refractivity contribution is 7.89. The van der Waals surface area contributed by atoms with Crippen LogP contribution in [0.2, 0.25) is 10.0 Å². The third-order valence-electron chi connectivity index (χ3n) is 5.77. The highest BCUT2D eigenvalue weighted by Crippen LogP contribution is 2.34. The van der Waals surface area contributed by atoms with E-state index in [4.69, 9.17) is 37.4 Å². The van der Waals surface area contributed by atoms with E-state index in [1.807, 2.05) is 6.07 Å². The van der Waals surface area contributed by atoms with Gasteiger partial charge < -0.3 is 14.2 Å². The van der Waals surface area contributed by atoms with Crippen LogP contribution in [0.25, 0.3) is 0 Å². The average Bonchev–Trinajstić information content (AvgIpc) is 2.78. The quantitative estimate of drug-likeness (QED) is 0.622. The molecule has 7 nitrogen and oxygen atoms in total. The van der Waals surface area contributed by atoms with Gasteiger partial charge in [0.15, 0.2) is 11.5 Å². The van der Waals surface area contributed by atoms with Crippen molar-refractivity contribution in [2.75, 3.05) is 39.9 Å². The van der Waals surface area contributed by atoms with Crippen molar-refractivity contribution in [3.05, 3.63) is 46.4 Å². The molecule has 32 heavy (non-hydrogen) atoms. The van der Waals surface area contributed by atoms with Crippen LogP contribution in [0.15, 0.2) is 41.3 Å². The summed E-state index contributed by atoms with van der Waals surface area (Å²) in [5.74, 6) is 1.92. The molecular weight excluding hydrogens is 475 g/mol. The van der Waals surface area contributed by atoms with Crippen molar-refractivity contribution in [2.24, 2.45) is 5.92 Å². The van der Waals surface area contributed by atoms with Gasteiger partial charge in [0, 0.05) is 29.2 Å². The minimum absolute atomic E-state index is 0.0553. The second-order valence-electron chi connectivity index (χ2n) is 8.03. The Hall–Kier alpha value is -1.71. The van der Waals surface area contributed by atoms with E-state index in [2.05, 4.69) is 9.62 Å². The number of rotatable bonds is 7. The number of piperidine rings is 1. The topological polar surface area (TPSA) is 77.1 Å². The molecule has 0 spiro atoms. The number of fused-ring (bicyclic) bond motifs is 1. The van der Waals surface area contributed by atoms with Gasteiger partial charge in [-0.3, -0.25) is 4.90 Å². The molecule has 1 N–H and O–H groups in total. The van der Waals surface area contributed by atoms with Crippen LogP contribution in [-0.4, -0.2) is 59.3 Å². The number of hydrogen-bond donors (Lipinski definition) is 1. The van der Waals surface area contributed by atoms with E-state index in [0.717, 1.165) is 32.5 Å². The smallest absolute Gasteiger partial charge is 0.244 e. The molecule has 1 atom stereocenters. The lowest BCUT2D eigenvalue weighted by atomic mass is 9.97. The third kappa shape index (κ3) is 5.61. The highest BCUT2D eigenvalue weighted by atomic mass is 35.5. The minimum atomic E-state index is -3.71. The molecule has 4 rings (SSSR count). The second-order valence-corrected chi connectivity index (χ2v) is 10.6. The first kappa shape index (κ1) is 23.4. The number of hydrogen-bond acceptors (Lipinski definition) is 6. The molecule has 2 aliphatic rings. The van der Waals surface area contributed by atoms with E-state index in [1.165, 1.54) is 13.2 Å². The number of likely N-dealkylation sites (tertiary alicyclic amines) is 1. The number of sulfonamides is 1. The van der Waals surface area contributed by atoms with Crippen LogP contribution in [0.3, 0.4) is 0 Å². The summed E-state index contributed by atoms with van der Waals surface area (Å²) in [4.78, 5) is 2.38. The molecule has 0 bridgehead atoms. The zero-order valence-corrected chi connectivity index (χ0v) is 20.0. The van der Waals surface area contributed by atoms with E-state index in [0.29, 0.717) is 34.7 Å². The third-order valence-corrected chi connectivity index (χ3v) is 7.69. The molecular formula is C22H26Cl2N2O5S. The van der Waals surface area contributed by atoms with Crippen molar-refractivity contribution in [2.45, 2.75) is 23.8 Å². The van der Waals surface area contributed by atoms with Gasteiger partial charge in [-0.05, 0) is 62.2 Å². The monoisotopic (exact) mass is 500 g/mol. The summed E-state index contributed by atoms with van der Waals surface area (Å²) < 4.78 is 45.3. The number of methoxy groups -OCH3 is 1. The maximum atomic E-state index is 12.8. The van der Waals surface area contributed by atoms with Crippen LogP contribution >= 0.6 is 23.2 Å². The maximum Gasteiger partial charge on any atom is 0.244 e. The molecule has 0 unspecified atom stereocenters. The van der Waals surface area contributed by atoms with E-state index >= 15 is 0 Å². The van der Waals surface area contributed by atoms with Gasteiger partial charge in [-0.2, -0.15) is 0 Å². The molecule has 0 amide bonds. The predicted octanol–water partition coefficient (Wildman–Crippen LogP) is 3.83. The Bertz CT molecular complexity index is 1060. The van der Waals surface area contributed by atoms with Crippen LogP contribution in [0.5, 0.6) is 17.2 Å². The van der Waals surface area contributed by atoms with Crippen molar-refractivity contribution >= 4 is 33.2 Å². The standard InChI is InChI=1S/C22H26Cl2N2O5S/c1-29-20-5-3-17(24)11-22(20)32(27,28)25-12-15-6-8-26(9-7-15)13-18-14-30-19-4-2-16(23)10-21(19)31-18/h2-5,10-11,15,18,25H,6-9,12-14H2,1H3/t18-/m0/s1. The molecule has 10 heteroatoms. The zero-order chi connectivity index (χ0) is 22.7. The van der Waals surface area contributed by atoms with Gasteiger partial charge in [0.05, 0.1) is 7.11 Å². The molecule has 174 valence electrons. The minimum Gasteiger partial charge on any atom is -0.495 e. The summed E-state index contributed by atoms with van der Waals surface area (Å²) in [6.07, 6.45) is 1.72. The van der Waals surface area contributed by atoms with Gasteiger partial charge in [0.2, 0.25) is 10.0 Å². The first-order chi connectivity index (χ1) is 15.3. The molecule has 1 fully saturated rings. The van der Waals surface area contributed by atoms with Crippen molar-refractivity contribution in [1.29, 1.82) is 0 Å². The number of ether oxygens (including phenoxy) is 3. The fourth-order valence-electron chi connectivity index (χ4n) is 4.01. The van der Waals surface area contributed by atoms with Gasteiger partial charge in [-0.15, -0.1) is 0 Å². The lowest BCUT2D eigenvalue weighted by molar-refractivity contribution is 0.0481. The molecule has 2 aromatic carbocycles. The van der Waals surface area contributed by atoms with Crippen LogP contribution in [0, 0.1) is 5.92 Å². The molecule has 0 saturated carbocycles. The maximum absolute atomic E-state index is 12.8. The molecule has 1 saturated heterocycles. The number of nitrogens with one attached hydrogen (secondary N) is 1. The number of benzene rings is 2. The number of nitrogens with zero attached hydrogens (tertiary/aromatic N) is 1. The molecule has 0 radical (unpaired) electrons. The highest BCUT2D eigenvalue weighted by Gasteiger charge is 2.28. The normalized spacial score (nSPS) is 19.7. The Morgan fingerprint density at radius 3 is 2.56 bits per heavy atom. The Kier molecular flexibility index (Phi) is 7.37. The fraction of sp³-hybridized carbons (Fsp3) is 0.455. The average molecular weight is 501 g/mol. The fourth-order valence-corrected chi connectivity index (χ4v) is 5.71. The summed E-state index contributed by atoms with van der Waals surface area (Å²) in [6.45, 7) is 3.37. The summed E-state index contributed by atoms with van der Waals surface area (Å²) in [5.41, 5.74) is 0. The first-order valence-corrected chi connectivity index (χ1v) is 12.7. The predicted molar refractivity (Wildman–Crippen MR) is 124 cm³/mol. The number of halogens is 2. The Morgan fingerprint density at radius 2 is 1.81 bits per heavy atom. The van der Waals surface area contributed by atoms with Crippen LogP contribution in [-0.2, 0) is 10.0 Å². The van der Waals surface area contributed by atoms with Gasteiger partial charge >= 0.3 is 0 Å². The van der Waals surface area contributed by atoms with Crippen LogP contribution < -0.4 is 18.9 Å². The summed E-state index contributed by atoms with van der Waals surface area (Å²) >= 11 is 12.0. The van der Waals surface area contributed by atoms with E-state index in [1.54, 1.807) is 24.3 Å². The van der Waals surface area contributed by atoms with Crippen molar-refractivity contribution in [3.8, 4) is 17.2 Å². The van der Waals surface area contributed by atoms with Crippen LogP contribution in [0.1, 0.15) is 12.8 Å². The zero-order valence-electron chi connectivity index (χ0n) is 17.7. The Balaban J connectivity index is 1.26. The Labute approximate surface area is 198 Å². The van der Waals surface area contributed by atoms with Crippen molar-refractivity contribution < 1.29 is 22.6 Å². The van der Waals surface area contributed by atoms with Crippen molar-refractivity contribution in [1.82, 2.24) is 9.62 Å². The van der Waals surface area contributed by atoms with E-state index in [9.17, 15) is 8.42 Å². The lowest BCUT2D eigenvalue weighted by Crippen LogP contribution is -2.45. The van der Waals surface area contributed by atoms with Gasteiger partial charge in [0.25, 0.3) is 0 Å². The van der Waals surface area contributed by atoms with E-state index in [-0.39, 0.29) is 22.7 Å². The SMILES string of the molecule is COc1ccc(Cl)cc1S(=O)(=O)NCC1CCN(C[C@H]2COc3ccc(Cl)cc3O2)CC1. The van der Waals surface area contributed by atoms with Gasteiger partial charge in [-0.1, -0.05) is 23.2 Å². The lowest BCUT2D eigenvalue weighted by Gasteiger charge is -2.35. The second kappa shape index (κ2) is 10.1. The largest absolute Gasteiger partial charge is 0.495 e. The molecule has 2 aliphatic heterocycles. The first-order valence-electron chi connectivity index (χ1n) is 10.5. The van der Waals surface area contributed by atoms with Gasteiger partial charge in [0.1, 0.15) is 23.4 Å². The summed E-state index contributed by atoms with van der Waals surface area (Å²) in [7, 11) is -2.28. The molecule has 0 aliphatic carbocycles.